The van der Waals surface area contributed by atoms with Crippen molar-refractivity contribution in [2.75, 3.05) is 13.1 Å². The van der Waals surface area contributed by atoms with Gasteiger partial charge in [-0.05, 0) is 25.3 Å². The Kier molecular flexibility index (Phi) is 5.18. The number of amides is 1. The lowest BCUT2D eigenvalue weighted by atomic mass is 10.1. The Labute approximate surface area is 122 Å². The van der Waals surface area contributed by atoms with Crippen LogP contribution in [0.15, 0.2) is 30.3 Å². The third kappa shape index (κ3) is 3.60. The first-order valence-corrected chi connectivity index (χ1v) is 7.71. The molecule has 110 valence electrons. The minimum absolute atomic E-state index is 0.121. The molecular formula is C17H26N2O. The van der Waals surface area contributed by atoms with Gasteiger partial charge in [-0.25, -0.2) is 0 Å². The number of carbonyl (C=O) groups is 1. The fraction of sp³-hybridized carbons (Fsp3) is 0.588. The van der Waals surface area contributed by atoms with Gasteiger partial charge in [0.15, 0.2) is 0 Å². The topological polar surface area (TPSA) is 32.3 Å². The average Bonchev–Trinajstić information content (AvgIpc) is 2.94. The van der Waals surface area contributed by atoms with Gasteiger partial charge in [0, 0.05) is 31.1 Å². The number of benzene rings is 1. The molecule has 1 aromatic carbocycles. The van der Waals surface area contributed by atoms with Crippen LogP contribution in [0.1, 0.15) is 45.2 Å². The summed E-state index contributed by atoms with van der Waals surface area (Å²) in [6.07, 6.45) is 1.96. The van der Waals surface area contributed by atoms with E-state index in [0.717, 1.165) is 25.9 Å². The lowest BCUT2D eigenvalue weighted by molar-refractivity contribution is -0.125. The summed E-state index contributed by atoms with van der Waals surface area (Å²) in [6, 6.07) is 11.3. The molecule has 1 aromatic rings. The van der Waals surface area contributed by atoms with E-state index in [2.05, 4.69) is 54.4 Å². The van der Waals surface area contributed by atoms with Gasteiger partial charge in [-0.2, -0.15) is 0 Å². The van der Waals surface area contributed by atoms with Crippen LogP contribution < -0.4 is 5.32 Å². The number of likely N-dealkylation sites (tertiary alicyclic amines) is 1. The van der Waals surface area contributed by atoms with Crippen LogP contribution in [0, 0.1) is 5.92 Å². The SMILES string of the molecule is CCC(C)C(=O)NC1CCN(C(C)c2ccccc2)C1. The molecule has 2 rings (SSSR count). The van der Waals surface area contributed by atoms with E-state index in [1.165, 1.54) is 5.56 Å². The zero-order valence-electron chi connectivity index (χ0n) is 12.8. The normalized spacial score (nSPS) is 22.4. The Morgan fingerprint density at radius 3 is 2.70 bits per heavy atom. The van der Waals surface area contributed by atoms with Crippen molar-refractivity contribution in [3.63, 3.8) is 0 Å². The molecule has 1 fully saturated rings. The smallest absolute Gasteiger partial charge is 0.223 e. The van der Waals surface area contributed by atoms with Crippen LogP contribution in [0.2, 0.25) is 0 Å². The van der Waals surface area contributed by atoms with Gasteiger partial charge >= 0.3 is 0 Å². The highest BCUT2D eigenvalue weighted by Crippen LogP contribution is 2.24. The second-order valence-electron chi connectivity index (χ2n) is 5.89. The van der Waals surface area contributed by atoms with Crippen molar-refractivity contribution in [2.24, 2.45) is 5.92 Å². The number of rotatable bonds is 5. The minimum Gasteiger partial charge on any atom is -0.352 e. The van der Waals surface area contributed by atoms with Crippen LogP contribution in [0.5, 0.6) is 0 Å². The van der Waals surface area contributed by atoms with Crippen LogP contribution >= 0.6 is 0 Å². The molecule has 3 heteroatoms. The number of carbonyl (C=O) groups excluding carboxylic acids is 1. The third-order valence-electron chi connectivity index (χ3n) is 4.46. The van der Waals surface area contributed by atoms with Crippen LogP contribution in [0.4, 0.5) is 0 Å². The number of nitrogens with zero attached hydrogens (tertiary/aromatic N) is 1. The van der Waals surface area contributed by atoms with Gasteiger partial charge < -0.3 is 5.32 Å². The lowest BCUT2D eigenvalue weighted by Gasteiger charge is -2.25. The zero-order chi connectivity index (χ0) is 14.5. The first-order chi connectivity index (χ1) is 9.61. The molecule has 1 heterocycles. The number of hydrogen-bond acceptors (Lipinski definition) is 2. The van der Waals surface area contributed by atoms with Gasteiger partial charge in [0.2, 0.25) is 5.91 Å². The van der Waals surface area contributed by atoms with E-state index >= 15 is 0 Å². The van der Waals surface area contributed by atoms with E-state index in [0.29, 0.717) is 12.1 Å². The minimum atomic E-state index is 0.121. The maximum absolute atomic E-state index is 11.9. The molecule has 1 amide bonds. The van der Waals surface area contributed by atoms with E-state index in [4.69, 9.17) is 0 Å². The Morgan fingerprint density at radius 1 is 1.35 bits per heavy atom. The molecule has 0 aliphatic carbocycles. The van der Waals surface area contributed by atoms with Gasteiger partial charge in [-0.1, -0.05) is 44.2 Å². The molecule has 0 bridgehead atoms. The Morgan fingerprint density at radius 2 is 2.05 bits per heavy atom. The van der Waals surface area contributed by atoms with Crippen molar-refractivity contribution in [1.29, 1.82) is 0 Å². The second-order valence-corrected chi connectivity index (χ2v) is 5.89. The lowest BCUT2D eigenvalue weighted by Crippen LogP contribution is -2.40. The molecule has 3 nitrogen and oxygen atoms in total. The van der Waals surface area contributed by atoms with Crippen molar-refractivity contribution >= 4 is 5.91 Å². The van der Waals surface area contributed by atoms with Crippen molar-refractivity contribution in [1.82, 2.24) is 10.2 Å². The summed E-state index contributed by atoms with van der Waals surface area (Å²) >= 11 is 0. The third-order valence-corrected chi connectivity index (χ3v) is 4.46. The maximum atomic E-state index is 11.9. The van der Waals surface area contributed by atoms with E-state index in [9.17, 15) is 4.79 Å². The molecule has 0 aromatic heterocycles. The molecule has 3 unspecified atom stereocenters. The Balaban J connectivity index is 1.88. The molecule has 1 saturated heterocycles. The standard InChI is InChI=1S/C17H26N2O/c1-4-13(2)17(20)18-16-10-11-19(12-16)14(3)15-8-6-5-7-9-15/h5-9,13-14,16H,4,10-12H2,1-3H3,(H,18,20). The quantitative estimate of drug-likeness (QED) is 0.895. The van der Waals surface area contributed by atoms with Gasteiger partial charge in [0.1, 0.15) is 0 Å². The van der Waals surface area contributed by atoms with E-state index in [1.807, 2.05) is 6.92 Å². The van der Waals surface area contributed by atoms with Crippen LogP contribution in [-0.4, -0.2) is 29.9 Å². The summed E-state index contributed by atoms with van der Waals surface area (Å²) in [5, 5.41) is 3.19. The summed E-state index contributed by atoms with van der Waals surface area (Å²) in [4.78, 5) is 14.4. The molecule has 0 saturated carbocycles. The predicted octanol–water partition coefficient (Wildman–Crippen LogP) is 2.98. The fourth-order valence-corrected chi connectivity index (χ4v) is 2.73. The first kappa shape index (κ1) is 15.0. The second kappa shape index (κ2) is 6.89. The molecule has 20 heavy (non-hydrogen) atoms. The van der Waals surface area contributed by atoms with Crippen molar-refractivity contribution in [3.05, 3.63) is 35.9 Å². The van der Waals surface area contributed by atoms with Crippen LogP contribution in [0.3, 0.4) is 0 Å². The molecule has 3 atom stereocenters. The van der Waals surface area contributed by atoms with Crippen molar-refractivity contribution in [3.8, 4) is 0 Å². The van der Waals surface area contributed by atoms with E-state index in [-0.39, 0.29) is 11.8 Å². The van der Waals surface area contributed by atoms with Gasteiger partial charge in [-0.15, -0.1) is 0 Å². The highest BCUT2D eigenvalue weighted by molar-refractivity contribution is 5.78. The molecule has 0 spiro atoms. The maximum Gasteiger partial charge on any atom is 0.223 e. The van der Waals surface area contributed by atoms with Gasteiger partial charge in [-0.3, -0.25) is 9.69 Å². The number of nitrogens with one attached hydrogen (secondary N) is 1. The van der Waals surface area contributed by atoms with Gasteiger partial charge in [0.05, 0.1) is 0 Å². The Bertz CT molecular complexity index is 432. The molecule has 1 aliphatic rings. The van der Waals surface area contributed by atoms with Crippen LogP contribution in [0.25, 0.3) is 0 Å². The molecule has 0 radical (unpaired) electrons. The highest BCUT2D eigenvalue weighted by Gasteiger charge is 2.28. The van der Waals surface area contributed by atoms with Crippen molar-refractivity contribution < 1.29 is 4.79 Å². The van der Waals surface area contributed by atoms with Crippen LogP contribution in [-0.2, 0) is 4.79 Å². The molecular weight excluding hydrogens is 248 g/mol. The molecule has 1 aliphatic heterocycles. The summed E-state index contributed by atoms with van der Waals surface area (Å²) in [7, 11) is 0. The number of hydrogen-bond donors (Lipinski definition) is 1. The fourth-order valence-electron chi connectivity index (χ4n) is 2.73. The Hall–Kier alpha value is -1.35. The summed E-state index contributed by atoms with van der Waals surface area (Å²) in [5.41, 5.74) is 1.35. The average molecular weight is 274 g/mol. The first-order valence-electron chi connectivity index (χ1n) is 7.71. The highest BCUT2D eigenvalue weighted by atomic mass is 16.1. The predicted molar refractivity (Wildman–Crippen MR) is 82.4 cm³/mol. The van der Waals surface area contributed by atoms with E-state index in [1.54, 1.807) is 0 Å². The largest absolute Gasteiger partial charge is 0.352 e. The van der Waals surface area contributed by atoms with Gasteiger partial charge in [0.25, 0.3) is 0 Å². The zero-order valence-corrected chi connectivity index (χ0v) is 12.8. The summed E-state index contributed by atoms with van der Waals surface area (Å²) < 4.78 is 0. The van der Waals surface area contributed by atoms with Crippen molar-refractivity contribution in [2.45, 2.75) is 45.7 Å². The van der Waals surface area contributed by atoms with E-state index < -0.39 is 0 Å². The molecule has 1 N–H and O–H groups in total. The summed E-state index contributed by atoms with van der Waals surface area (Å²) in [6.45, 7) is 8.31. The monoisotopic (exact) mass is 274 g/mol. The summed E-state index contributed by atoms with van der Waals surface area (Å²) in [5.74, 6) is 0.322.